The number of hydrogen-bond donors (Lipinski definition) is 0. The summed E-state index contributed by atoms with van der Waals surface area (Å²) in [5.41, 5.74) is 0.948. The Morgan fingerprint density at radius 2 is 1.50 bits per heavy atom. The fraction of sp³-hybridized carbons (Fsp3) is 0.600. The molecule has 0 heteroatoms. The smallest absolute Gasteiger partial charge is 0.0152 e. The van der Waals surface area contributed by atoms with Crippen LogP contribution in [0.2, 0.25) is 0 Å². The molecule has 0 amide bonds. The second-order valence-corrected chi connectivity index (χ2v) is 4.09. The van der Waals surface area contributed by atoms with Crippen molar-refractivity contribution < 1.29 is 0 Å². The molecule has 0 aromatic rings. The van der Waals surface area contributed by atoms with Crippen LogP contribution < -0.4 is 0 Å². The van der Waals surface area contributed by atoms with Gasteiger partial charge in [-0.15, -0.1) is 0 Å². The summed E-state index contributed by atoms with van der Waals surface area (Å²) in [4.78, 5) is 0. The van der Waals surface area contributed by atoms with Gasteiger partial charge in [-0.2, -0.15) is 0 Å². The second kappa shape index (κ2) is 1.39. The van der Waals surface area contributed by atoms with Crippen molar-refractivity contribution in [1.82, 2.24) is 0 Å². The Morgan fingerprint density at radius 1 is 1.10 bits per heavy atom. The maximum absolute atomic E-state index is 2.34. The van der Waals surface area contributed by atoms with Crippen LogP contribution in [0.4, 0.5) is 0 Å². The number of allylic oxidation sites excluding steroid dienone is 4. The molecule has 0 bridgehead atoms. The fourth-order valence-corrected chi connectivity index (χ4v) is 2.30. The average Bonchev–Trinajstić information content (AvgIpc) is 2.43. The largest absolute Gasteiger partial charge is 0.0737 e. The summed E-state index contributed by atoms with van der Waals surface area (Å²) in [7, 11) is 0. The molecule has 0 saturated heterocycles. The third-order valence-electron chi connectivity index (χ3n) is 3.69. The van der Waals surface area contributed by atoms with Gasteiger partial charge in [0.2, 0.25) is 0 Å². The Labute approximate surface area is 62.6 Å². The fourth-order valence-electron chi connectivity index (χ4n) is 2.30. The lowest BCUT2D eigenvalue weighted by molar-refractivity contribution is 0.535. The molecule has 2 aliphatic rings. The molecule has 1 saturated carbocycles. The monoisotopic (exact) mass is 134 g/mol. The first-order valence-corrected chi connectivity index (χ1v) is 3.98. The van der Waals surface area contributed by atoms with Crippen molar-refractivity contribution in [3.8, 4) is 0 Å². The van der Waals surface area contributed by atoms with Gasteiger partial charge in [-0.3, -0.25) is 0 Å². The van der Waals surface area contributed by atoms with Crippen LogP contribution >= 0.6 is 0 Å². The van der Waals surface area contributed by atoms with E-state index >= 15 is 0 Å². The third-order valence-corrected chi connectivity index (χ3v) is 3.69. The van der Waals surface area contributed by atoms with Crippen molar-refractivity contribution in [1.29, 1.82) is 0 Å². The van der Waals surface area contributed by atoms with E-state index in [1.165, 1.54) is 0 Å². The van der Waals surface area contributed by atoms with Gasteiger partial charge in [-0.25, -0.2) is 0 Å². The summed E-state index contributed by atoms with van der Waals surface area (Å²) in [5, 5.41) is 0. The Morgan fingerprint density at radius 3 is 1.70 bits per heavy atom. The highest BCUT2D eigenvalue weighted by molar-refractivity contribution is 5.39. The minimum Gasteiger partial charge on any atom is -0.0737 e. The Hall–Kier alpha value is -0.520. The molecule has 0 radical (unpaired) electrons. The van der Waals surface area contributed by atoms with Gasteiger partial charge in [0, 0.05) is 5.41 Å². The maximum Gasteiger partial charge on any atom is 0.0152 e. The normalized spacial score (nSPS) is 37.3. The summed E-state index contributed by atoms with van der Waals surface area (Å²) in [6, 6.07) is 0. The highest BCUT2D eigenvalue weighted by Gasteiger charge is 2.65. The van der Waals surface area contributed by atoms with Crippen LogP contribution in [0.25, 0.3) is 0 Å². The van der Waals surface area contributed by atoms with Crippen molar-refractivity contribution in [3.05, 3.63) is 24.3 Å². The Balaban J connectivity index is 2.38. The standard InChI is InChI=1S/C10H14/c1-8-9(2,3)10(8)6-4-5-7-10/h4-8H,1-3H3. The van der Waals surface area contributed by atoms with Crippen LogP contribution in [-0.4, -0.2) is 0 Å². The first-order chi connectivity index (χ1) is 4.61. The molecule has 1 spiro atoms. The van der Waals surface area contributed by atoms with Gasteiger partial charge < -0.3 is 0 Å². The van der Waals surface area contributed by atoms with E-state index in [9.17, 15) is 0 Å². The molecule has 1 fully saturated rings. The Bertz CT molecular complexity index is 206. The lowest BCUT2D eigenvalue weighted by atomic mass is 9.98. The summed E-state index contributed by atoms with van der Waals surface area (Å²) in [6.07, 6.45) is 9.03. The van der Waals surface area contributed by atoms with E-state index in [1.54, 1.807) is 0 Å². The molecular formula is C10H14. The van der Waals surface area contributed by atoms with Gasteiger partial charge in [-0.05, 0) is 11.3 Å². The summed E-state index contributed by atoms with van der Waals surface area (Å²) in [6.45, 7) is 7.02. The van der Waals surface area contributed by atoms with Crippen LogP contribution in [0.3, 0.4) is 0 Å². The molecule has 1 atom stereocenters. The first kappa shape index (κ1) is 6.21. The van der Waals surface area contributed by atoms with E-state index in [0.29, 0.717) is 10.8 Å². The van der Waals surface area contributed by atoms with Gasteiger partial charge in [0.25, 0.3) is 0 Å². The minimum atomic E-state index is 0.438. The molecule has 0 aliphatic heterocycles. The molecule has 1 unspecified atom stereocenters. The molecule has 0 aromatic heterocycles. The number of hydrogen-bond acceptors (Lipinski definition) is 0. The summed E-state index contributed by atoms with van der Waals surface area (Å²) < 4.78 is 0. The molecule has 2 rings (SSSR count). The van der Waals surface area contributed by atoms with Gasteiger partial charge in [-0.1, -0.05) is 45.1 Å². The van der Waals surface area contributed by atoms with Crippen LogP contribution in [0.15, 0.2) is 24.3 Å². The molecule has 0 nitrogen and oxygen atoms in total. The molecule has 2 aliphatic carbocycles. The maximum atomic E-state index is 2.34. The zero-order valence-electron chi connectivity index (χ0n) is 6.89. The van der Waals surface area contributed by atoms with E-state index in [-0.39, 0.29) is 0 Å². The number of rotatable bonds is 0. The van der Waals surface area contributed by atoms with Gasteiger partial charge in [0.15, 0.2) is 0 Å². The van der Waals surface area contributed by atoms with Crippen LogP contribution in [0.1, 0.15) is 20.8 Å². The molecular weight excluding hydrogens is 120 g/mol. The van der Waals surface area contributed by atoms with E-state index in [1.807, 2.05) is 0 Å². The molecule has 0 heterocycles. The van der Waals surface area contributed by atoms with Crippen molar-refractivity contribution in [2.75, 3.05) is 0 Å². The third kappa shape index (κ3) is 0.416. The van der Waals surface area contributed by atoms with Gasteiger partial charge in [0.1, 0.15) is 0 Å². The van der Waals surface area contributed by atoms with Crippen molar-refractivity contribution in [2.24, 2.45) is 16.7 Å². The van der Waals surface area contributed by atoms with Crippen LogP contribution in [0.5, 0.6) is 0 Å². The topological polar surface area (TPSA) is 0 Å². The summed E-state index contributed by atoms with van der Waals surface area (Å²) >= 11 is 0. The quantitative estimate of drug-likeness (QED) is 0.478. The van der Waals surface area contributed by atoms with Crippen molar-refractivity contribution in [2.45, 2.75) is 20.8 Å². The van der Waals surface area contributed by atoms with E-state index in [2.05, 4.69) is 45.1 Å². The van der Waals surface area contributed by atoms with Crippen molar-refractivity contribution >= 4 is 0 Å². The molecule has 10 heavy (non-hydrogen) atoms. The van der Waals surface area contributed by atoms with E-state index in [4.69, 9.17) is 0 Å². The second-order valence-electron chi connectivity index (χ2n) is 4.09. The molecule has 0 aromatic carbocycles. The zero-order chi connectivity index (χ0) is 7.41. The summed E-state index contributed by atoms with van der Waals surface area (Å²) in [5.74, 6) is 0.829. The SMILES string of the molecule is CC1C(C)(C)C12C=CC=C2. The van der Waals surface area contributed by atoms with E-state index in [0.717, 1.165) is 5.92 Å². The predicted molar refractivity (Wildman–Crippen MR) is 43.7 cm³/mol. The Kier molecular flexibility index (Phi) is 0.862. The van der Waals surface area contributed by atoms with E-state index < -0.39 is 0 Å². The first-order valence-electron chi connectivity index (χ1n) is 3.98. The molecule has 54 valence electrons. The lowest BCUT2D eigenvalue weighted by Crippen LogP contribution is -1.98. The van der Waals surface area contributed by atoms with Crippen LogP contribution in [0, 0.1) is 16.7 Å². The van der Waals surface area contributed by atoms with Crippen LogP contribution in [-0.2, 0) is 0 Å². The minimum absolute atomic E-state index is 0.438. The molecule has 0 N–H and O–H groups in total. The predicted octanol–water partition coefficient (Wildman–Crippen LogP) is 2.77. The average molecular weight is 134 g/mol. The highest BCUT2D eigenvalue weighted by atomic mass is 14.7. The lowest BCUT2D eigenvalue weighted by Gasteiger charge is -2.05. The van der Waals surface area contributed by atoms with Gasteiger partial charge >= 0.3 is 0 Å². The highest BCUT2D eigenvalue weighted by Crippen LogP contribution is 2.71. The van der Waals surface area contributed by atoms with Crippen molar-refractivity contribution in [3.63, 3.8) is 0 Å². The van der Waals surface area contributed by atoms with Gasteiger partial charge in [0.05, 0.1) is 0 Å². The zero-order valence-corrected chi connectivity index (χ0v) is 6.89.